The van der Waals surface area contributed by atoms with E-state index in [1.54, 1.807) is 0 Å². The van der Waals surface area contributed by atoms with Gasteiger partial charge in [-0.25, -0.2) is 4.79 Å². The number of ether oxygens (including phenoxy) is 1. The summed E-state index contributed by atoms with van der Waals surface area (Å²) in [7, 11) is 0. The summed E-state index contributed by atoms with van der Waals surface area (Å²) < 4.78 is 75.7. The van der Waals surface area contributed by atoms with Gasteiger partial charge in [-0.3, -0.25) is 0 Å². The lowest BCUT2D eigenvalue weighted by Gasteiger charge is -2.11. The first-order valence-electron chi connectivity index (χ1n) is 4.16. The Hall–Kier alpha value is -2.27. The van der Waals surface area contributed by atoms with E-state index >= 15 is 0 Å². The molecule has 6 nitrogen and oxygen atoms in total. The molecule has 12 heteroatoms. The first-order valence-corrected chi connectivity index (χ1v) is 4.16. The minimum absolute atomic E-state index is 0.384. The van der Waals surface area contributed by atoms with Gasteiger partial charge in [0, 0.05) is 6.07 Å². The SMILES string of the molecule is O=c1[nH]c([N+](=O)[O-])c(C(F)(F)F)cc1OC(F)(F)F. The Morgan fingerprint density at radius 1 is 1.21 bits per heavy atom. The van der Waals surface area contributed by atoms with Crippen molar-refractivity contribution in [1.82, 2.24) is 4.98 Å². The van der Waals surface area contributed by atoms with Gasteiger partial charge in [-0.2, -0.15) is 18.2 Å². The highest BCUT2D eigenvalue weighted by Crippen LogP contribution is 2.36. The third kappa shape index (κ3) is 3.59. The van der Waals surface area contributed by atoms with Crippen molar-refractivity contribution in [2.75, 3.05) is 0 Å². The van der Waals surface area contributed by atoms with Gasteiger partial charge in [0.25, 0.3) is 0 Å². The van der Waals surface area contributed by atoms with Crippen LogP contribution in [-0.4, -0.2) is 16.3 Å². The van der Waals surface area contributed by atoms with Gasteiger partial charge in [-0.15, -0.1) is 13.2 Å². The molecule has 1 N–H and O–H groups in total. The lowest BCUT2D eigenvalue weighted by molar-refractivity contribution is -0.393. The Balaban J connectivity index is 3.48. The molecule has 19 heavy (non-hydrogen) atoms. The molecule has 0 unspecified atom stereocenters. The van der Waals surface area contributed by atoms with Gasteiger partial charge in [0.15, 0.2) is 5.56 Å². The van der Waals surface area contributed by atoms with E-state index in [9.17, 15) is 41.3 Å². The molecular formula is C7H2F6N2O4. The molecule has 0 aliphatic heterocycles. The zero-order valence-electron chi connectivity index (χ0n) is 8.43. The van der Waals surface area contributed by atoms with E-state index < -0.39 is 40.2 Å². The van der Waals surface area contributed by atoms with Crippen molar-refractivity contribution in [3.05, 3.63) is 32.1 Å². The summed E-state index contributed by atoms with van der Waals surface area (Å²) in [6, 6.07) is -0.384. The molecule has 1 aromatic heterocycles. The highest BCUT2D eigenvalue weighted by atomic mass is 19.4. The van der Waals surface area contributed by atoms with E-state index in [-0.39, 0.29) is 6.07 Å². The second-order valence-electron chi connectivity index (χ2n) is 3.03. The molecule has 0 aromatic carbocycles. The predicted octanol–water partition coefficient (Wildman–Crippen LogP) is 2.20. The Morgan fingerprint density at radius 3 is 2.11 bits per heavy atom. The van der Waals surface area contributed by atoms with Crippen molar-refractivity contribution < 1.29 is 36.0 Å². The molecule has 0 bridgehead atoms. The number of nitrogens with one attached hydrogen (secondary N) is 1. The Morgan fingerprint density at radius 2 is 1.74 bits per heavy atom. The van der Waals surface area contributed by atoms with E-state index in [4.69, 9.17) is 0 Å². The summed E-state index contributed by atoms with van der Waals surface area (Å²) in [5.41, 5.74) is -3.87. The number of rotatable bonds is 2. The minimum Gasteiger partial charge on any atom is -0.397 e. The molecule has 0 spiro atoms. The number of aromatic amines is 1. The fourth-order valence-electron chi connectivity index (χ4n) is 1.06. The van der Waals surface area contributed by atoms with Gasteiger partial charge in [-0.1, -0.05) is 0 Å². The number of nitrogens with zero attached hydrogens (tertiary/aromatic N) is 1. The molecule has 0 fully saturated rings. The average Bonchev–Trinajstić information content (AvgIpc) is 2.16. The van der Waals surface area contributed by atoms with Gasteiger partial charge in [0.2, 0.25) is 5.75 Å². The van der Waals surface area contributed by atoms with Gasteiger partial charge >= 0.3 is 23.9 Å². The predicted molar refractivity (Wildman–Crippen MR) is 45.4 cm³/mol. The van der Waals surface area contributed by atoms with Crippen molar-refractivity contribution in [3.8, 4) is 5.75 Å². The molecule has 0 aliphatic rings. The molecule has 0 saturated carbocycles. The fourth-order valence-corrected chi connectivity index (χ4v) is 1.06. The van der Waals surface area contributed by atoms with E-state index in [0.29, 0.717) is 0 Å². The molecule has 1 heterocycles. The topological polar surface area (TPSA) is 85.2 Å². The first-order chi connectivity index (χ1) is 8.42. The van der Waals surface area contributed by atoms with Crippen LogP contribution in [0.15, 0.2) is 10.9 Å². The van der Waals surface area contributed by atoms with Crippen LogP contribution >= 0.6 is 0 Å². The normalized spacial score (nSPS) is 12.3. The highest BCUT2D eigenvalue weighted by molar-refractivity contribution is 5.40. The smallest absolute Gasteiger partial charge is 0.397 e. The van der Waals surface area contributed by atoms with E-state index in [2.05, 4.69) is 4.74 Å². The molecule has 0 aliphatic carbocycles. The van der Waals surface area contributed by atoms with Crippen LogP contribution in [-0.2, 0) is 6.18 Å². The van der Waals surface area contributed by atoms with E-state index in [1.807, 2.05) is 0 Å². The van der Waals surface area contributed by atoms with Gasteiger partial charge < -0.3 is 14.9 Å². The van der Waals surface area contributed by atoms with Crippen LogP contribution in [0.3, 0.4) is 0 Å². The average molecular weight is 292 g/mol. The van der Waals surface area contributed by atoms with Crippen molar-refractivity contribution >= 4 is 5.82 Å². The second kappa shape index (κ2) is 4.44. The van der Waals surface area contributed by atoms with Crippen LogP contribution < -0.4 is 10.3 Å². The molecule has 1 rings (SSSR count). The third-order valence-corrected chi connectivity index (χ3v) is 1.70. The van der Waals surface area contributed by atoms with Crippen molar-refractivity contribution in [2.24, 2.45) is 0 Å². The number of aromatic nitrogens is 1. The zero-order valence-corrected chi connectivity index (χ0v) is 8.43. The van der Waals surface area contributed by atoms with Crippen LogP contribution in [0.2, 0.25) is 0 Å². The molecule has 0 saturated heterocycles. The summed E-state index contributed by atoms with van der Waals surface area (Å²) in [5.74, 6) is -3.52. The molecule has 106 valence electrons. The van der Waals surface area contributed by atoms with Crippen LogP contribution in [0.1, 0.15) is 5.56 Å². The van der Waals surface area contributed by atoms with Crippen molar-refractivity contribution in [2.45, 2.75) is 12.5 Å². The monoisotopic (exact) mass is 292 g/mol. The minimum atomic E-state index is -5.41. The summed E-state index contributed by atoms with van der Waals surface area (Å²) in [5, 5.41) is 10.3. The Labute approximate surface area is 98.3 Å². The largest absolute Gasteiger partial charge is 0.573 e. The van der Waals surface area contributed by atoms with Crippen LogP contribution in [0.25, 0.3) is 0 Å². The van der Waals surface area contributed by atoms with Crippen molar-refractivity contribution in [1.29, 1.82) is 0 Å². The number of halogens is 6. The first kappa shape index (κ1) is 14.8. The lowest BCUT2D eigenvalue weighted by Crippen LogP contribution is -2.25. The zero-order chi connectivity index (χ0) is 15.0. The number of hydrogen-bond donors (Lipinski definition) is 1. The summed E-state index contributed by atoms with van der Waals surface area (Å²) >= 11 is 0. The molecule has 1 aromatic rings. The molecule has 0 amide bonds. The third-order valence-electron chi connectivity index (χ3n) is 1.70. The fraction of sp³-hybridized carbons (Fsp3) is 0.286. The van der Waals surface area contributed by atoms with Gasteiger partial charge in [-0.05, 0) is 4.92 Å². The standard InChI is InChI=1S/C7H2F6N2O4/c8-6(9,10)2-1-3(19-7(11,12)13)5(16)14-4(2)15(17)18/h1H,(H,14,16). The van der Waals surface area contributed by atoms with Gasteiger partial charge in [0.1, 0.15) is 0 Å². The summed E-state index contributed by atoms with van der Waals surface area (Å²) in [6.07, 6.45) is -10.7. The number of nitro groups is 1. The Bertz CT molecular complexity index is 560. The maximum absolute atomic E-state index is 12.4. The number of alkyl halides is 6. The highest BCUT2D eigenvalue weighted by Gasteiger charge is 2.41. The van der Waals surface area contributed by atoms with E-state index in [0.717, 1.165) is 4.98 Å². The van der Waals surface area contributed by atoms with Crippen LogP contribution in [0.4, 0.5) is 32.2 Å². The van der Waals surface area contributed by atoms with Gasteiger partial charge in [0.05, 0.1) is 0 Å². The Kier molecular flexibility index (Phi) is 3.45. The maximum atomic E-state index is 12.4. The van der Waals surface area contributed by atoms with Crippen LogP contribution in [0.5, 0.6) is 5.75 Å². The number of H-pyrrole nitrogens is 1. The number of hydrogen-bond acceptors (Lipinski definition) is 4. The summed E-state index contributed by atoms with van der Waals surface area (Å²) in [6.45, 7) is 0. The second-order valence-corrected chi connectivity index (χ2v) is 3.03. The van der Waals surface area contributed by atoms with Crippen LogP contribution in [0, 0.1) is 10.1 Å². The molecule has 0 radical (unpaired) electrons. The van der Waals surface area contributed by atoms with E-state index in [1.165, 1.54) is 0 Å². The lowest BCUT2D eigenvalue weighted by atomic mass is 10.2. The quantitative estimate of drug-likeness (QED) is 0.514. The molecule has 0 atom stereocenters. The molecular weight excluding hydrogens is 290 g/mol. The van der Waals surface area contributed by atoms with Crippen molar-refractivity contribution in [3.63, 3.8) is 0 Å². The maximum Gasteiger partial charge on any atom is 0.573 e. The summed E-state index contributed by atoms with van der Waals surface area (Å²) in [4.78, 5) is 20.7. The number of pyridine rings is 1.